The normalized spacial score (nSPS) is 20.3. The summed E-state index contributed by atoms with van der Waals surface area (Å²) in [6, 6.07) is 26.2. The molecule has 0 radical (unpaired) electrons. The van der Waals surface area contributed by atoms with E-state index >= 15 is 0 Å². The smallest absolute Gasteiger partial charge is 0.256 e. The van der Waals surface area contributed by atoms with Gasteiger partial charge >= 0.3 is 0 Å². The molecule has 3 aromatic carbocycles. The van der Waals surface area contributed by atoms with E-state index in [1.165, 1.54) is 10.9 Å². The molecule has 152 valence electrons. The molecule has 1 fully saturated rings. The fourth-order valence-electron chi connectivity index (χ4n) is 5.09. The third-order valence-corrected chi connectivity index (χ3v) is 6.91. The van der Waals surface area contributed by atoms with E-state index in [2.05, 4.69) is 40.2 Å². The molecule has 1 amide bonds. The van der Waals surface area contributed by atoms with Crippen LogP contribution in [-0.2, 0) is 11.2 Å². The average molecular weight is 424 g/mol. The monoisotopic (exact) mass is 423 g/mol. The average Bonchev–Trinajstić information content (AvgIpc) is 3.29. The standard InChI is InChI=1S/C26H21N3OS/c1-16-9-5-8-14-21(16)29-25(30)22-15-19-18-12-6-7-13-20(18)27-23(19)24(28(22)26(29)31)17-10-3-2-4-11-17/h2-14,22,24,27H,15H2,1H3/t22-,24-/m0/s1. The SMILES string of the molecule is Cc1ccccc1N1C(=O)[C@@H]2Cc3c([nH]c4ccccc34)[C@H](c3ccccc3)N2C1=S. The zero-order valence-corrected chi connectivity index (χ0v) is 17.9. The molecule has 3 heterocycles. The molecule has 6 rings (SSSR count). The Kier molecular flexibility index (Phi) is 4.02. The predicted octanol–water partition coefficient (Wildman–Crippen LogP) is 5.12. The van der Waals surface area contributed by atoms with Crippen molar-refractivity contribution in [2.24, 2.45) is 0 Å². The fraction of sp³-hybridized carbons (Fsp3) is 0.154. The highest BCUT2D eigenvalue weighted by Gasteiger charge is 2.51. The third-order valence-electron chi connectivity index (χ3n) is 6.52. The molecular formula is C26H21N3OS. The number of hydrogen-bond donors (Lipinski definition) is 1. The lowest BCUT2D eigenvalue weighted by Crippen LogP contribution is -2.44. The second kappa shape index (κ2) is 6.79. The highest BCUT2D eigenvalue weighted by atomic mass is 32.1. The topological polar surface area (TPSA) is 39.3 Å². The maximum Gasteiger partial charge on any atom is 0.256 e. The highest BCUT2D eigenvalue weighted by Crippen LogP contribution is 2.45. The van der Waals surface area contributed by atoms with Gasteiger partial charge in [0.2, 0.25) is 0 Å². The molecule has 0 saturated carbocycles. The van der Waals surface area contributed by atoms with Gasteiger partial charge in [-0.3, -0.25) is 9.69 Å². The summed E-state index contributed by atoms with van der Waals surface area (Å²) in [5.74, 6) is 0.0520. The number of fused-ring (bicyclic) bond motifs is 4. The Bertz CT molecular complexity index is 1340. The van der Waals surface area contributed by atoms with E-state index in [1.807, 2.05) is 55.5 Å². The second-order valence-electron chi connectivity index (χ2n) is 8.25. The van der Waals surface area contributed by atoms with Crippen molar-refractivity contribution in [2.75, 3.05) is 4.90 Å². The van der Waals surface area contributed by atoms with Gasteiger partial charge in [-0.15, -0.1) is 0 Å². The van der Waals surface area contributed by atoms with Crippen LogP contribution in [0.15, 0.2) is 78.9 Å². The number of nitrogens with one attached hydrogen (secondary N) is 1. The van der Waals surface area contributed by atoms with Crippen LogP contribution in [-0.4, -0.2) is 26.9 Å². The number of H-pyrrole nitrogens is 1. The minimum absolute atomic E-state index is 0.0520. The van der Waals surface area contributed by atoms with E-state index in [4.69, 9.17) is 12.2 Å². The van der Waals surface area contributed by atoms with Gasteiger partial charge in [0.1, 0.15) is 6.04 Å². The van der Waals surface area contributed by atoms with Gasteiger partial charge in [0.05, 0.1) is 11.7 Å². The number of hydrogen-bond acceptors (Lipinski definition) is 2. The summed E-state index contributed by atoms with van der Waals surface area (Å²) in [5.41, 5.74) is 6.48. The quantitative estimate of drug-likeness (QED) is 0.455. The number of benzene rings is 3. The van der Waals surface area contributed by atoms with Crippen molar-refractivity contribution >= 4 is 39.8 Å². The van der Waals surface area contributed by atoms with Gasteiger partial charge in [0.25, 0.3) is 5.91 Å². The number of amides is 1. The first-order valence-corrected chi connectivity index (χ1v) is 10.9. The lowest BCUT2D eigenvalue weighted by Gasteiger charge is -2.37. The molecule has 5 heteroatoms. The number of aryl methyl sites for hydroxylation is 1. The van der Waals surface area contributed by atoms with Crippen molar-refractivity contribution in [3.8, 4) is 0 Å². The molecule has 31 heavy (non-hydrogen) atoms. The highest BCUT2D eigenvalue weighted by molar-refractivity contribution is 7.80. The van der Waals surface area contributed by atoms with Crippen molar-refractivity contribution in [1.82, 2.24) is 9.88 Å². The van der Waals surface area contributed by atoms with Crippen LogP contribution in [0.3, 0.4) is 0 Å². The Balaban J connectivity index is 1.56. The van der Waals surface area contributed by atoms with Crippen LogP contribution >= 0.6 is 12.2 Å². The number of carbonyl (C=O) groups excluding carboxylic acids is 1. The minimum atomic E-state index is -0.316. The fourth-order valence-corrected chi connectivity index (χ4v) is 5.51. The summed E-state index contributed by atoms with van der Waals surface area (Å²) in [6.07, 6.45) is 0.643. The molecule has 0 spiro atoms. The van der Waals surface area contributed by atoms with Crippen molar-refractivity contribution in [3.05, 3.63) is 101 Å². The van der Waals surface area contributed by atoms with Gasteiger partial charge in [-0.2, -0.15) is 0 Å². The maximum atomic E-state index is 13.7. The van der Waals surface area contributed by atoms with Gasteiger partial charge in [-0.1, -0.05) is 66.7 Å². The summed E-state index contributed by atoms with van der Waals surface area (Å²) in [6.45, 7) is 2.02. The van der Waals surface area contributed by atoms with E-state index in [9.17, 15) is 4.79 Å². The van der Waals surface area contributed by atoms with Gasteiger partial charge in [0.15, 0.2) is 5.11 Å². The zero-order valence-electron chi connectivity index (χ0n) is 17.1. The van der Waals surface area contributed by atoms with Crippen LogP contribution in [0, 0.1) is 6.92 Å². The van der Waals surface area contributed by atoms with Crippen LogP contribution in [0.2, 0.25) is 0 Å². The van der Waals surface area contributed by atoms with Crippen molar-refractivity contribution < 1.29 is 4.79 Å². The summed E-state index contributed by atoms with van der Waals surface area (Å²) in [5, 5.41) is 1.76. The largest absolute Gasteiger partial charge is 0.356 e. The molecule has 2 aliphatic heterocycles. The van der Waals surface area contributed by atoms with E-state index in [1.54, 1.807) is 4.90 Å². The maximum absolute atomic E-state index is 13.7. The molecular weight excluding hydrogens is 402 g/mol. The molecule has 0 bridgehead atoms. The lowest BCUT2D eigenvalue weighted by molar-refractivity contribution is -0.120. The summed E-state index contributed by atoms with van der Waals surface area (Å²) in [7, 11) is 0. The number of nitrogens with zero attached hydrogens (tertiary/aromatic N) is 2. The van der Waals surface area contributed by atoms with Gasteiger partial charge < -0.3 is 9.88 Å². The van der Waals surface area contributed by atoms with Crippen molar-refractivity contribution in [1.29, 1.82) is 0 Å². The predicted molar refractivity (Wildman–Crippen MR) is 127 cm³/mol. The molecule has 2 aliphatic rings. The Labute approximate surface area is 186 Å². The Morgan fingerprint density at radius 2 is 1.65 bits per heavy atom. The van der Waals surface area contributed by atoms with Crippen LogP contribution in [0.25, 0.3) is 10.9 Å². The number of rotatable bonds is 2. The number of aromatic nitrogens is 1. The van der Waals surface area contributed by atoms with Crippen molar-refractivity contribution in [2.45, 2.75) is 25.4 Å². The van der Waals surface area contributed by atoms with Gasteiger partial charge in [-0.05, 0) is 48.0 Å². The first-order valence-electron chi connectivity index (χ1n) is 10.5. The molecule has 1 saturated heterocycles. The van der Waals surface area contributed by atoms with Crippen molar-refractivity contribution in [3.63, 3.8) is 0 Å². The van der Waals surface area contributed by atoms with Gasteiger partial charge in [-0.25, -0.2) is 0 Å². The minimum Gasteiger partial charge on any atom is -0.356 e. The molecule has 0 aliphatic carbocycles. The number of thiocarbonyl (C=S) groups is 1. The lowest BCUT2D eigenvalue weighted by atomic mass is 9.89. The van der Waals surface area contributed by atoms with E-state index in [-0.39, 0.29) is 18.0 Å². The van der Waals surface area contributed by atoms with Crippen LogP contribution in [0.1, 0.15) is 28.4 Å². The number of anilines is 1. The summed E-state index contributed by atoms with van der Waals surface area (Å²) in [4.78, 5) is 21.3. The first-order chi connectivity index (χ1) is 15.1. The Hall–Kier alpha value is -3.44. The van der Waals surface area contributed by atoms with Gasteiger partial charge in [0, 0.05) is 23.0 Å². The van der Waals surface area contributed by atoms with Crippen LogP contribution < -0.4 is 4.90 Å². The number of para-hydroxylation sites is 2. The Morgan fingerprint density at radius 1 is 0.935 bits per heavy atom. The van der Waals surface area contributed by atoms with E-state index in [0.717, 1.165) is 28.0 Å². The number of aromatic amines is 1. The van der Waals surface area contributed by atoms with E-state index in [0.29, 0.717) is 11.5 Å². The first kappa shape index (κ1) is 18.3. The molecule has 0 unspecified atom stereocenters. The third kappa shape index (κ3) is 2.60. The summed E-state index contributed by atoms with van der Waals surface area (Å²) >= 11 is 5.96. The molecule has 2 atom stereocenters. The van der Waals surface area contributed by atoms with Crippen LogP contribution in [0.4, 0.5) is 5.69 Å². The Morgan fingerprint density at radius 3 is 2.45 bits per heavy atom. The molecule has 4 nitrogen and oxygen atoms in total. The number of carbonyl (C=O) groups is 1. The molecule has 1 aromatic heterocycles. The van der Waals surface area contributed by atoms with Crippen LogP contribution in [0.5, 0.6) is 0 Å². The molecule has 4 aromatic rings. The van der Waals surface area contributed by atoms with E-state index < -0.39 is 0 Å². The second-order valence-corrected chi connectivity index (χ2v) is 8.61. The summed E-state index contributed by atoms with van der Waals surface area (Å²) < 4.78 is 0. The zero-order chi connectivity index (χ0) is 21.1. The molecule has 1 N–H and O–H groups in total.